The summed E-state index contributed by atoms with van der Waals surface area (Å²) < 4.78 is 0.981. The largest absolute Gasteiger partial charge is 0.325 e. The van der Waals surface area contributed by atoms with Crippen LogP contribution in [0.4, 0.5) is 5.69 Å². The number of nitrogens with one attached hydrogen (secondary N) is 1. The lowest BCUT2D eigenvalue weighted by Crippen LogP contribution is -2.13. The van der Waals surface area contributed by atoms with Crippen molar-refractivity contribution in [3.63, 3.8) is 0 Å². The second kappa shape index (κ2) is 6.75. The first kappa shape index (κ1) is 14.1. The van der Waals surface area contributed by atoms with Gasteiger partial charge in [0, 0.05) is 15.0 Å². The highest BCUT2D eigenvalue weighted by molar-refractivity contribution is 14.1. The number of carbonyl (C=O) groups excluding carboxylic acids is 1. The number of benzene rings is 1. The molecule has 1 N–H and O–H groups in total. The minimum atomic E-state index is 0.113. The Balaban J connectivity index is 1.82. The van der Waals surface area contributed by atoms with Gasteiger partial charge in [0.25, 0.3) is 0 Å². The van der Waals surface area contributed by atoms with Gasteiger partial charge in [0.2, 0.25) is 5.91 Å². The van der Waals surface area contributed by atoms with E-state index in [0.29, 0.717) is 11.4 Å². The summed E-state index contributed by atoms with van der Waals surface area (Å²) in [6.07, 6.45) is 6.92. The molecule has 1 aliphatic carbocycles. The van der Waals surface area contributed by atoms with Gasteiger partial charge in [-0.2, -0.15) is 0 Å². The van der Waals surface area contributed by atoms with Crippen LogP contribution in [0.15, 0.2) is 18.2 Å². The molecule has 1 aromatic carbocycles. The van der Waals surface area contributed by atoms with Crippen LogP contribution in [0.3, 0.4) is 0 Å². The van der Waals surface area contributed by atoms with Crippen LogP contribution in [0.1, 0.15) is 38.5 Å². The normalized spacial score (nSPS) is 15.9. The molecule has 0 aromatic heterocycles. The first-order chi connectivity index (χ1) is 8.65. The Morgan fingerprint density at radius 3 is 2.78 bits per heavy atom. The lowest BCUT2D eigenvalue weighted by molar-refractivity contribution is -0.116. The molecule has 1 aromatic rings. The summed E-state index contributed by atoms with van der Waals surface area (Å²) in [6, 6.07) is 5.52. The summed E-state index contributed by atoms with van der Waals surface area (Å²) in [4.78, 5) is 11.9. The molecule has 1 amide bonds. The second-order valence-electron chi connectivity index (χ2n) is 4.86. The van der Waals surface area contributed by atoms with Crippen molar-refractivity contribution in [2.75, 3.05) is 5.32 Å². The fourth-order valence-corrected chi connectivity index (χ4v) is 3.44. The third kappa shape index (κ3) is 4.12. The molecule has 0 saturated heterocycles. The van der Waals surface area contributed by atoms with Crippen LogP contribution in [-0.4, -0.2) is 5.91 Å². The van der Waals surface area contributed by atoms with E-state index in [1.54, 1.807) is 6.07 Å². The van der Waals surface area contributed by atoms with Crippen LogP contribution in [0.25, 0.3) is 0 Å². The SMILES string of the molecule is O=C(CCC1CCCC1)Nc1ccc(Cl)cc1I. The first-order valence-electron chi connectivity index (χ1n) is 6.40. The number of halogens is 2. The molecule has 0 spiro atoms. The summed E-state index contributed by atoms with van der Waals surface area (Å²) in [5.74, 6) is 0.877. The zero-order valence-electron chi connectivity index (χ0n) is 10.2. The predicted molar refractivity (Wildman–Crippen MR) is 84.0 cm³/mol. The predicted octanol–water partition coefficient (Wildman–Crippen LogP) is 4.85. The molecular weight excluding hydrogens is 361 g/mol. The zero-order valence-corrected chi connectivity index (χ0v) is 13.1. The quantitative estimate of drug-likeness (QED) is 0.746. The summed E-state index contributed by atoms with van der Waals surface area (Å²) in [5.41, 5.74) is 0.858. The maximum Gasteiger partial charge on any atom is 0.224 e. The average Bonchev–Trinajstić information content (AvgIpc) is 2.83. The Hall–Kier alpha value is -0.290. The van der Waals surface area contributed by atoms with E-state index < -0.39 is 0 Å². The molecule has 0 heterocycles. The van der Waals surface area contributed by atoms with Crippen molar-refractivity contribution in [2.45, 2.75) is 38.5 Å². The highest BCUT2D eigenvalue weighted by atomic mass is 127. The van der Waals surface area contributed by atoms with Crippen molar-refractivity contribution in [3.05, 3.63) is 26.8 Å². The van der Waals surface area contributed by atoms with Crippen LogP contribution >= 0.6 is 34.2 Å². The van der Waals surface area contributed by atoms with E-state index in [-0.39, 0.29) is 5.91 Å². The lowest BCUT2D eigenvalue weighted by atomic mass is 10.0. The molecule has 2 nitrogen and oxygen atoms in total. The fourth-order valence-electron chi connectivity index (χ4n) is 2.44. The van der Waals surface area contributed by atoms with E-state index in [2.05, 4.69) is 27.9 Å². The van der Waals surface area contributed by atoms with Crippen molar-refractivity contribution >= 4 is 45.8 Å². The number of hydrogen-bond donors (Lipinski definition) is 1. The van der Waals surface area contributed by atoms with Gasteiger partial charge in [-0.25, -0.2) is 0 Å². The Morgan fingerprint density at radius 1 is 1.39 bits per heavy atom. The fraction of sp³-hybridized carbons (Fsp3) is 0.500. The van der Waals surface area contributed by atoms with Crippen LogP contribution in [0, 0.1) is 9.49 Å². The van der Waals surface area contributed by atoms with Gasteiger partial charge in [-0.1, -0.05) is 37.3 Å². The molecule has 1 saturated carbocycles. The number of anilines is 1. The summed E-state index contributed by atoms with van der Waals surface area (Å²) in [5, 5.41) is 3.65. The molecule has 0 unspecified atom stereocenters. The minimum Gasteiger partial charge on any atom is -0.325 e. The Kier molecular flexibility index (Phi) is 5.30. The van der Waals surface area contributed by atoms with Crippen LogP contribution in [0.5, 0.6) is 0 Å². The molecule has 0 atom stereocenters. The summed E-state index contributed by atoms with van der Waals surface area (Å²) >= 11 is 8.07. The van der Waals surface area contributed by atoms with Gasteiger partial charge >= 0.3 is 0 Å². The highest BCUT2D eigenvalue weighted by Crippen LogP contribution is 2.29. The van der Waals surface area contributed by atoms with Gasteiger partial charge in [-0.3, -0.25) is 4.79 Å². The van der Waals surface area contributed by atoms with Crippen molar-refractivity contribution in [1.29, 1.82) is 0 Å². The Morgan fingerprint density at radius 2 is 2.11 bits per heavy atom. The molecule has 4 heteroatoms. The van der Waals surface area contributed by atoms with Crippen molar-refractivity contribution in [2.24, 2.45) is 5.92 Å². The van der Waals surface area contributed by atoms with Gasteiger partial charge in [0.05, 0.1) is 5.69 Å². The minimum absolute atomic E-state index is 0.113. The molecule has 2 rings (SSSR count). The van der Waals surface area contributed by atoms with Gasteiger partial charge < -0.3 is 5.32 Å². The molecule has 1 fully saturated rings. The smallest absolute Gasteiger partial charge is 0.224 e. The van der Waals surface area contributed by atoms with Gasteiger partial charge in [-0.05, 0) is 53.1 Å². The van der Waals surface area contributed by atoms with E-state index in [9.17, 15) is 4.79 Å². The average molecular weight is 378 g/mol. The topological polar surface area (TPSA) is 29.1 Å². The molecule has 1 aliphatic rings. The molecule has 0 radical (unpaired) electrons. The van der Waals surface area contributed by atoms with E-state index in [1.807, 2.05) is 12.1 Å². The van der Waals surface area contributed by atoms with Crippen molar-refractivity contribution in [1.82, 2.24) is 0 Å². The van der Waals surface area contributed by atoms with E-state index >= 15 is 0 Å². The third-order valence-corrected chi connectivity index (χ3v) is 4.59. The van der Waals surface area contributed by atoms with Crippen molar-refractivity contribution < 1.29 is 4.79 Å². The number of rotatable bonds is 4. The second-order valence-corrected chi connectivity index (χ2v) is 6.46. The molecule has 18 heavy (non-hydrogen) atoms. The van der Waals surface area contributed by atoms with E-state index in [4.69, 9.17) is 11.6 Å². The molecule has 98 valence electrons. The summed E-state index contributed by atoms with van der Waals surface area (Å²) in [7, 11) is 0. The van der Waals surface area contributed by atoms with Crippen LogP contribution < -0.4 is 5.32 Å². The number of carbonyl (C=O) groups is 1. The maximum atomic E-state index is 11.9. The van der Waals surface area contributed by atoms with E-state index in [0.717, 1.165) is 21.6 Å². The monoisotopic (exact) mass is 377 g/mol. The first-order valence-corrected chi connectivity index (χ1v) is 7.86. The van der Waals surface area contributed by atoms with E-state index in [1.165, 1.54) is 25.7 Å². The number of hydrogen-bond acceptors (Lipinski definition) is 1. The molecular formula is C14H17ClINO. The molecule has 0 aliphatic heterocycles. The highest BCUT2D eigenvalue weighted by Gasteiger charge is 2.16. The Labute approximate surface area is 127 Å². The standard InChI is InChI=1S/C14H17ClINO/c15-11-6-7-13(12(16)9-11)17-14(18)8-5-10-3-1-2-4-10/h6-7,9-10H,1-5,8H2,(H,17,18). The van der Waals surface area contributed by atoms with Crippen LogP contribution in [0.2, 0.25) is 5.02 Å². The number of amides is 1. The summed E-state index contributed by atoms with van der Waals surface area (Å²) in [6.45, 7) is 0. The molecule has 0 bridgehead atoms. The zero-order chi connectivity index (χ0) is 13.0. The van der Waals surface area contributed by atoms with Crippen LogP contribution in [-0.2, 0) is 4.79 Å². The lowest BCUT2D eigenvalue weighted by Gasteiger charge is -2.10. The third-order valence-electron chi connectivity index (χ3n) is 3.46. The van der Waals surface area contributed by atoms with Gasteiger partial charge in [0.15, 0.2) is 0 Å². The van der Waals surface area contributed by atoms with Gasteiger partial charge in [0.1, 0.15) is 0 Å². The Bertz CT molecular complexity index is 430. The maximum absolute atomic E-state index is 11.9. The van der Waals surface area contributed by atoms with Gasteiger partial charge in [-0.15, -0.1) is 0 Å². The van der Waals surface area contributed by atoms with Crippen molar-refractivity contribution in [3.8, 4) is 0 Å².